The lowest BCUT2D eigenvalue weighted by molar-refractivity contribution is 0.253. The Morgan fingerprint density at radius 2 is 2.06 bits per heavy atom. The molecule has 0 spiro atoms. The molecular weight excluding hydrogens is 270 g/mol. The van der Waals surface area contributed by atoms with Crippen LogP contribution in [0.5, 0.6) is 0 Å². The molecule has 2 N–H and O–H groups in total. The van der Waals surface area contributed by atoms with E-state index in [1.165, 1.54) is 16.1 Å². The average molecular weight is 287 g/mol. The zero-order valence-electron chi connectivity index (χ0n) is 10.2. The van der Waals surface area contributed by atoms with Crippen molar-refractivity contribution in [2.45, 2.75) is 18.2 Å². The fourth-order valence-electron chi connectivity index (χ4n) is 1.72. The first-order valence-corrected chi connectivity index (χ1v) is 7.34. The highest BCUT2D eigenvalue weighted by atomic mass is 32.2. The van der Waals surface area contributed by atoms with Gasteiger partial charge in [0.15, 0.2) is 0 Å². The van der Waals surface area contributed by atoms with Gasteiger partial charge in [0, 0.05) is 4.91 Å². The van der Waals surface area contributed by atoms with Crippen LogP contribution < -0.4 is 0 Å². The molecule has 0 bridgehead atoms. The highest BCUT2D eigenvalue weighted by molar-refractivity contribution is 8.04. The van der Waals surface area contributed by atoms with Crippen molar-refractivity contribution in [2.24, 2.45) is 0 Å². The maximum absolute atomic E-state index is 11.5. The van der Waals surface area contributed by atoms with Gasteiger partial charge in [-0.2, -0.15) is 0 Å². The highest BCUT2D eigenvalue weighted by Crippen LogP contribution is 2.40. The Morgan fingerprint density at radius 1 is 1.44 bits per heavy atom. The summed E-state index contributed by atoms with van der Waals surface area (Å²) >= 11 is -0.673. The van der Waals surface area contributed by atoms with E-state index in [4.69, 9.17) is 0 Å². The van der Waals surface area contributed by atoms with E-state index >= 15 is 0 Å². The minimum atomic E-state index is -2.14. The molecule has 1 aliphatic heterocycles. The third-order valence-electron chi connectivity index (χ3n) is 2.57. The molecule has 0 saturated carbocycles. The molecule has 1 rings (SSSR count). The molecule has 0 aromatic heterocycles. The second-order valence-corrected chi connectivity index (χ2v) is 5.83. The number of aliphatic hydroxyl groups excluding tert-OH is 1. The fourth-order valence-corrected chi connectivity index (χ4v) is 3.79. The Bertz CT molecular complexity index is 418. The summed E-state index contributed by atoms with van der Waals surface area (Å²) in [5.74, 6) is 0. The van der Waals surface area contributed by atoms with Crippen LogP contribution in [0.25, 0.3) is 0 Å². The topological polar surface area (TPSA) is 60.8 Å². The molecule has 0 aliphatic carbocycles. The molecule has 0 aromatic rings. The number of allylic oxidation sites excluding steroid dienone is 4. The molecule has 0 radical (unpaired) electrons. The van der Waals surface area contributed by atoms with Crippen LogP contribution in [0.1, 0.15) is 6.92 Å². The van der Waals surface area contributed by atoms with Crippen LogP contribution in [0.15, 0.2) is 48.1 Å². The van der Waals surface area contributed by atoms with E-state index in [-0.39, 0.29) is 17.9 Å². The molecule has 4 nitrogen and oxygen atoms in total. The summed E-state index contributed by atoms with van der Waals surface area (Å²) in [6.07, 6.45) is 6.62. The average Bonchev–Trinajstić information content (AvgIpc) is 2.32. The van der Waals surface area contributed by atoms with Crippen LogP contribution in [0, 0.1) is 0 Å². The summed E-state index contributed by atoms with van der Waals surface area (Å²) in [7, 11) is 0. The van der Waals surface area contributed by atoms with E-state index in [1.807, 2.05) is 6.92 Å². The molecule has 0 aromatic carbocycles. The third-order valence-corrected chi connectivity index (χ3v) is 4.88. The maximum atomic E-state index is 11.5. The van der Waals surface area contributed by atoms with Crippen molar-refractivity contribution in [3.63, 3.8) is 0 Å². The van der Waals surface area contributed by atoms with E-state index in [9.17, 15) is 13.9 Å². The normalized spacial score (nSPS) is 30.5. The van der Waals surface area contributed by atoms with Gasteiger partial charge in [-0.3, -0.25) is 8.86 Å². The molecule has 3 atom stereocenters. The number of thioether (sulfide) groups is 1. The molecule has 6 heteroatoms. The summed E-state index contributed by atoms with van der Waals surface area (Å²) < 4.78 is 22.3. The molecule has 18 heavy (non-hydrogen) atoms. The molecule has 1 fully saturated rings. The van der Waals surface area contributed by atoms with Crippen molar-refractivity contribution in [3.05, 3.63) is 48.1 Å². The first-order chi connectivity index (χ1) is 8.56. The lowest BCUT2D eigenvalue weighted by Gasteiger charge is -2.39. The Morgan fingerprint density at radius 3 is 2.50 bits per heavy atom. The van der Waals surface area contributed by atoms with Crippen LogP contribution >= 0.6 is 11.8 Å². The highest BCUT2D eigenvalue weighted by Gasteiger charge is 2.36. The lowest BCUT2D eigenvalue weighted by Crippen LogP contribution is -2.45. The van der Waals surface area contributed by atoms with E-state index in [2.05, 4.69) is 13.2 Å². The Kier molecular flexibility index (Phi) is 5.87. The van der Waals surface area contributed by atoms with Crippen LogP contribution in [-0.2, 0) is 11.3 Å². The van der Waals surface area contributed by atoms with Gasteiger partial charge in [-0.25, -0.2) is 4.21 Å². The molecule has 1 saturated heterocycles. The predicted molar refractivity (Wildman–Crippen MR) is 77.1 cm³/mol. The quantitative estimate of drug-likeness (QED) is 0.777. The van der Waals surface area contributed by atoms with Gasteiger partial charge >= 0.3 is 0 Å². The van der Waals surface area contributed by atoms with Crippen molar-refractivity contribution >= 4 is 23.0 Å². The van der Waals surface area contributed by atoms with Gasteiger partial charge in [0.05, 0.1) is 23.6 Å². The van der Waals surface area contributed by atoms with Gasteiger partial charge in [-0.15, -0.1) is 11.8 Å². The first kappa shape index (κ1) is 15.2. The van der Waals surface area contributed by atoms with Crippen molar-refractivity contribution in [3.8, 4) is 0 Å². The van der Waals surface area contributed by atoms with Crippen molar-refractivity contribution in [1.82, 2.24) is 4.31 Å². The standard InChI is InChI=1S/C12H17NO3S2/c1-4-6-10-11(7-5-2)17-12(8-14)9(3)13(10)18(15)16/h4-7,9,12,14H,1-2,8H2,3H3,(H,15,16)/b10-6+,11-7+/t9-,12+/m1/s1. The molecule has 1 heterocycles. The minimum absolute atomic E-state index is 0.0601. The van der Waals surface area contributed by atoms with Gasteiger partial charge < -0.3 is 5.11 Å². The predicted octanol–water partition coefficient (Wildman–Crippen LogP) is 2.06. The molecular formula is C12H17NO3S2. The first-order valence-electron chi connectivity index (χ1n) is 5.40. The van der Waals surface area contributed by atoms with Gasteiger partial charge in [-0.1, -0.05) is 25.3 Å². The van der Waals surface area contributed by atoms with Crippen LogP contribution in [0.2, 0.25) is 0 Å². The van der Waals surface area contributed by atoms with Crippen LogP contribution in [0.3, 0.4) is 0 Å². The van der Waals surface area contributed by atoms with E-state index in [0.717, 1.165) is 4.91 Å². The molecule has 1 aliphatic rings. The fraction of sp³-hybridized carbons (Fsp3) is 0.333. The van der Waals surface area contributed by atoms with Crippen LogP contribution in [-0.4, -0.2) is 36.1 Å². The largest absolute Gasteiger partial charge is 0.395 e. The zero-order valence-corrected chi connectivity index (χ0v) is 11.8. The van der Waals surface area contributed by atoms with E-state index in [0.29, 0.717) is 5.70 Å². The number of hydrogen-bond acceptors (Lipinski definition) is 3. The van der Waals surface area contributed by atoms with Crippen LogP contribution in [0.4, 0.5) is 0 Å². The second-order valence-electron chi connectivity index (χ2n) is 3.69. The molecule has 100 valence electrons. The van der Waals surface area contributed by atoms with Crippen molar-refractivity contribution in [1.29, 1.82) is 0 Å². The van der Waals surface area contributed by atoms with Crippen molar-refractivity contribution in [2.75, 3.05) is 6.61 Å². The van der Waals surface area contributed by atoms with Gasteiger partial charge in [0.25, 0.3) is 11.3 Å². The SMILES string of the molecule is C=C/C=C1/S[C@@H](CO)[C@@H](C)N(S(=O)O)/C1=C/C=C. The van der Waals surface area contributed by atoms with E-state index in [1.54, 1.807) is 24.3 Å². The van der Waals surface area contributed by atoms with Gasteiger partial charge in [0.1, 0.15) is 0 Å². The number of hydrogen-bond donors (Lipinski definition) is 2. The Hall–Kier alpha value is -0.820. The Labute approximate surface area is 114 Å². The maximum Gasteiger partial charge on any atom is 0.262 e. The van der Waals surface area contributed by atoms with Gasteiger partial charge in [0.2, 0.25) is 0 Å². The third kappa shape index (κ3) is 3.14. The number of rotatable bonds is 4. The number of nitrogens with zero attached hydrogens (tertiary/aromatic N) is 1. The minimum Gasteiger partial charge on any atom is -0.395 e. The zero-order chi connectivity index (χ0) is 13.7. The monoisotopic (exact) mass is 287 g/mol. The van der Waals surface area contributed by atoms with E-state index < -0.39 is 11.3 Å². The Balaban J connectivity index is 3.26. The molecule has 0 amide bonds. The summed E-state index contributed by atoms with van der Waals surface area (Å²) in [5, 5.41) is 9.18. The lowest BCUT2D eigenvalue weighted by atomic mass is 10.2. The smallest absolute Gasteiger partial charge is 0.262 e. The summed E-state index contributed by atoms with van der Waals surface area (Å²) in [6.45, 7) is 8.99. The summed E-state index contributed by atoms with van der Waals surface area (Å²) in [5.41, 5.74) is 0.618. The van der Waals surface area contributed by atoms with Gasteiger partial charge in [-0.05, 0) is 19.1 Å². The second kappa shape index (κ2) is 6.94. The van der Waals surface area contributed by atoms with Crippen molar-refractivity contribution < 1.29 is 13.9 Å². The summed E-state index contributed by atoms with van der Waals surface area (Å²) in [4.78, 5) is 0.796. The number of aliphatic hydroxyl groups is 1. The molecule has 1 unspecified atom stereocenters. The summed E-state index contributed by atoms with van der Waals surface area (Å²) in [6, 6.07) is -0.251.